The Morgan fingerprint density at radius 1 is 1.06 bits per heavy atom. The third kappa shape index (κ3) is 2.60. The van der Waals surface area contributed by atoms with Gasteiger partial charge in [0.05, 0.1) is 5.69 Å². The first-order chi connectivity index (χ1) is 7.77. The average molecular weight is 217 g/mol. The number of piperidine rings is 1. The van der Waals surface area contributed by atoms with Crippen LogP contribution in [0.1, 0.15) is 33.1 Å². The summed E-state index contributed by atoms with van der Waals surface area (Å²) in [6.07, 6.45) is 3.75. The van der Waals surface area contributed by atoms with E-state index in [0.717, 1.165) is 5.69 Å². The van der Waals surface area contributed by atoms with Crippen molar-refractivity contribution in [3.63, 3.8) is 0 Å². The molecule has 1 aromatic carbocycles. The molecule has 2 rings (SSSR count). The van der Waals surface area contributed by atoms with Crippen molar-refractivity contribution in [1.82, 2.24) is 5.01 Å². The second-order valence-corrected chi connectivity index (χ2v) is 4.53. The Labute approximate surface area is 97.2 Å². The Morgan fingerprint density at radius 3 is 2.31 bits per heavy atom. The minimum absolute atomic E-state index is 0.510. The van der Waals surface area contributed by atoms with Gasteiger partial charge < -0.3 is 0 Å². The van der Waals surface area contributed by atoms with Gasteiger partial charge in [0, 0.05) is 12.1 Å². The number of rotatable bonds is 2. The molecule has 0 radical (unpaired) electrons. The maximum absolute atomic E-state index is 4.37. The zero-order valence-corrected chi connectivity index (χ0v) is 10.0. The lowest BCUT2D eigenvalue weighted by molar-refractivity contribution is 0.0982. The molecule has 86 valence electrons. The van der Waals surface area contributed by atoms with Gasteiger partial charge in [-0.25, -0.2) is 0 Å². The minimum Gasteiger partial charge on any atom is -0.273 e. The van der Waals surface area contributed by atoms with E-state index in [1.165, 1.54) is 19.3 Å². The Bertz CT molecular complexity index is 337. The molecule has 3 heteroatoms. The molecular formula is C13H19N3. The molecule has 16 heavy (non-hydrogen) atoms. The molecular weight excluding hydrogens is 198 g/mol. The topological polar surface area (TPSA) is 28.0 Å². The van der Waals surface area contributed by atoms with E-state index < -0.39 is 0 Å². The number of hydrogen-bond acceptors (Lipinski definition) is 2. The summed E-state index contributed by atoms with van der Waals surface area (Å²) in [4.78, 5) is 0. The van der Waals surface area contributed by atoms with Crippen LogP contribution in [0.3, 0.4) is 0 Å². The van der Waals surface area contributed by atoms with Gasteiger partial charge in [0.2, 0.25) is 0 Å². The second kappa shape index (κ2) is 5.10. The van der Waals surface area contributed by atoms with Crippen LogP contribution >= 0.6 is 0 Å². The van der Waals surface area contributed by atoms with Gasteiger partial charge in [-0.1, -0.05) is 23.4 Å². The highest BCUT2D eigenvalue weighted by molar-refractivity contribution is 5.34. The molecule has 0 saturated carbocycles. The molecule has 0 spiro atoms. The fraction of sp³-hybridized carbons (Fsp3) is 0.538. The fourth-order valence-electron chi connectivity index (χ4n) is 2.18. The van der Waals surface area contributed by atoms with Crippen molar-refractivity contribution in [2.45, 2.75) is 45.2 Å². The van der Waals surface area contributed by atoms with Crippen LogP contribution in [0.25, 0.3) is 0 Å². The lowest BCUT2D eigenvalue weighted by Crippen LogP contribution is -2.39. The fourth-order valence-corrected chi connectivity index (χ4v) is 2.18. The van der Waals surface area contributed by atoms with Crippen LogP contribution in [-0.4, -0.2) is 17.1 Å². The predicted octanol–water partition coefficient (Wildman–Crippen LogP) is 3.95. The molecule has 1 fully saturated rings. The summed E-state index contributed by atoms with van der Waals surface area (Å²) in [7, 11) is 0. The predicted molar refractivity (Wildman–Crippen MR) is 65.6 cm³/mol. The van der Waals surface area contributed by atoms with E-state index in [2.05, 4.69) is 29.2 Å². The van der Waals surface area contributed by atoms with Crippen LogP contribution in [0.15, 0.2) is 40.7 Å². The molecule has 0 aromatic heterocycles. The van der Waals surface area contributed by atoms with Gasteiger partial charge in [-0.15, -0.1) is 5.11 Å². The molecule has 0 aliphatic carbocycles. The Balaban J connectivity index is 2.05. The lowest BCUT2D eigenvalue weighted by Gasteiger charge is -2.35. The van der Waals surface area contributed by atoms with E-state index in [9.17, 15) is 0 Å². The van der Waals surface area contributed by atoms with E-state index >= 15 is 0 Å². The summed E-state index contributed by atoms with van der Waals surface area (Å²) >= 11 is 0. The lowest BCUT2D eigenvalue weighted by atomic mass is 10.00. The van der Waals surface area contributed by atoms with Crippen LogP contribution in [0, 0.1) is 0 Å². The van der Waals surface area contributed by atoms with Crippen LogP contribution < -0.4 is 0 Å². The first kappa shape index (κ1) is 11.1. The summed E-state index contributed by atoms with van der Waals surface area (Å²) < 4.78 is 0. The molecule has 1 aliphatic rings. The highest BCUT2D eigenvalue weighted by Gasteiger charge is 2.23. The van der Waals surface area contributed by atoms with Crippen molar-refractivity contribution < 1.29 is 0 Å². The molecule has 0 unspecified atom stereocenters. The van der Waals surface area contributed by atoms with Crippen LogP contribution in [0.2, 0.25) is 0 Å². The standard InChI is InChI=1S/C13H19N3/c1-11-7-6-8-12(2)16(11)15-14-13-9-4-3-5-10-13/h3-5,9-12H,6-8H2,1-2H3/t11-,12+. The monoisotopic (exact) mass is 217 g/mol. The Hall–Kier alpha value is -1.38. The summed E-state index contributed by atoms with van der Waals surface area (Å²) in [6.45, 7) is 4.44. The molecule has 0 N–H and O–H groups in total. The molecule has 1 saturated heterocycles. The molecule has 0 amide bonds. The van der Waals surface area contributed by atoms with E-state index in [1.54, 1.807) is 0 Å². The highest BCUT2D eigenvalue weighted by Crippen LogP contribution is 2.24. The van der Waals surface area contributed by atoms with Gasteiger partial charge in [0.1, 0.15) is 0 Å². The molecule has 2 atom stereocenters. The average Bonchev–Trinajstić information content (AvgIpc) is 2.30. The molecule has 1 aliphatic heterocycles. The van der Waals surface area contributed by atoms with Crippen molar-refractivity contribution in [3.8, 4) is 0 Å². The van der Waals surface area contributed by atoms with Gasteiger partial charge in [-0.2, -0.15) is 0 Å². The quantitative estimate of drug-likeness (QED) is 0.689. The SMILES string of the molecule is C[C@@H]1CCC[C@H](C)N1N=Nc1ccccc1. The summed E-state index contributed by atoms with van der Waals surface area (Å²) in [5.74, 6) is 0. The van der Waals surface area contributed by atoms with Crippen molar-refractivity contribution in [2.24, 2.45) is 10.3 Å². The number of benzene rings is 1. The summed E-state index contributed by atoms with van der Waals surface area (Å²) in [6, 6.07) is 10.9. The molecule has 3 nitrogen and oxygen atoms in total. The Morgan fingerprint density at radius 2 is 1.69 bits per heavy atom. The number of hydrogen-bond donors (Lipinski definition) is 0. The van der Waals surface area contributed by atoms with Crippen LogP contribution in [0.5, 0.6) is 0 Å². The van der Waals surface area contributed by atoms with Gasteiger partial charge in [0.15, 0.2) is 0 Å². The maximum Gasteiger partial charge on any atom is 0.0874 e. The van der Waals surface area contributed by atoms with Crippen molar-refractivity contribution in [1.29, 1.82) is 0 Å². The van der Waals surface area contributed by atoms with Crippen LogP contribution in [0.4, 0.5) is 5.69 Å². The van der Waals surface area contributed by atoms with E-state index in [-0.39, 0.29) is 0 Å². The number of nitrogens with zero attached hydrogens (tertiary/aromatic N) is 3. The van der Waals surface area contributed by atoms with Gasteiger partial charge >= 0.3 is 0 Å². The molecule has 0 bridgehead atoms. The second-order valence-electron chi connectivity index (χ2n) is 4.53. The molecule has 1 aromatic rings. The highest BCUT2D eigenvalue weighted by atomic mass is 15.6. The maximum atomic E-state index is 4.37. The first-order valence-electron chi connectivity index (χ1n) is 6.02. The Kier molecular flexibility index (Phi) is 3.54. The van der Waals surface area contributed by atoms with E-state index in [0.29, 0.717) is 12.1 Å². The zero-order chi connectivity index (χ0) is 11.4. The van der Waals surface area contributed by atoms with Crippen molar-refractivity contribution in [2.75, 3.05) is 0 Å². The third-order valence-corrected chi connectivity index (χ3v) is 3.17. The minimum atomic E-state index is 0.510. The largest absolute Gasteiger partial charge is 0.273 e. The zero-order valence-electron chi connectivity index (χ0n) is 10.0. The normalized spacial score (nSPS) is 26.2. The third-order valence-electron chi connectivity index (χ3n) is 3.17. The van der Waals surface area contributed by atoms with E-state index in [4.69, 9.17) is 0 Å². The summed E-state index contributed by atoms with van der Waals surface area (Å²) in [5.41, 5.74) is 0.924. The van der Waals surface area contributed by atoms with Gasteiger partial charge in [0.25, 0.3) is 0 Å². The van der Waals surface area contributed by atoms with Gasteiger partial charge in [-0.3, -0.25) is 5.01 Å². The summed E-state index contributed by atoms with van der Waals surface area (Å²) in [5, 5.41) is 10.8. The smallest absolute Gasteiger partial charge is 0.0874 e. The van der Waals surface area contributed by atoms with E-state index in [1.807, 2.05) is 30.3 Å². The van der Waals surface area contributed by atoms with Crippen molar-refractivity contribution >= 4 is 5.69 Å². The van der Waals surface area contributed by atoms with Gasteiger partial charge in [-0.05, 0) is 45.2 Å². The van der Waals surface area contributed by atoms with Crippen LogP contribution in [-0.2, 0) is 0 Å². The van der Waals surface area contributed by atoms with Crippen molar-refractivity contribution in [3.05, 3.63) is 30.3 Å². The first-order valence-corrected chi connectivity index (χ1v) is 6.02. The molecule has 1 heterocycles.